The van der Waals surface area contributed by atoms with E-state index in [9.17, 15) is 19.5 Å². The zero-order chi connectivity index (χ0) is 22.7. The van der Waals surface area contributed by atoms with Crippen LogP contribution in [0.4, 0.5) is 5.69 Å². The zero-order valence-electron chi connectivity index (χ0n) is 18.1. The van der Waals surface area contributed by atoms with Gasteiger partial charge < -0.3 is 20.6 Å². The summed E-state index contributed by atoms with van der Waals surface area (Å²) in [6, 6.07) is 4.50. The van der Waals surface area contributed by atoms with Gasteiger partial charge in [-0.1, -0.05) is 49.2 Å². The Kier molecular flexibility index (Phi) is 7.38. The lowest BCUT2D eigenvalue weighted by Gasteiger charge is -2.34. The van der Waals surface area contributed by atoms with E-state index in [0.717, 1.165) is 18.4 Å². The second kappa shape index (κ2) is 9.83. The van der Waals surface area contributed by atoms with Crippen LogP contribution in [0.25, 0.3) is 0 Å². The van der Waals surface area contributed by atoms with Crippen LogP contribution in [0.3, 0.4) is 0 Å². The Morgan fingerprint density at radius 3 is 2.58 bits per heavy atom. The number of amides is 3. The number of nitrogens with zero attached hydrogens (tertiary/aromatic N) is 1. The van der Waals surface area contributed by atoms with Gasteiger partial charge in [0.05, 0.1) is 29.2 Å². The number of fused-ring (bicyclic) bond motifs is 1. The van der Waals surface area contributed by atoms with Gasteiger partial charge in [-0.2, -0.15) is 0 Å². The normalized spacial score (nSPS) is 27.2. The molecule has 8 heteroatoms. The van der Waals surface area contributed by atoms with Crippen LogP contribution in [-0.4, -0.2) is 54.0 Å². The monoisotopic (exact) mass is 447 g/mol. The Labute approximate surface area is 187 Å². The van der Waals surface area contributed by atoms with Gasteiger partial charge in [0.2, 0.25) is 17.7 Å². The topological polar surface area (TPSA) is 98.7 Å². The van der Waals surface area contributed by atoms with Crippen LogP contribution in [0.5, 0.6) is 0 Å². The van der Waals surface area contributed by atoms with Crippen LogP contribution in [0, 0.1) is 30.6 Å². The Morgan fingerprint density at radius 2 is 1.97 bits per heavy atom. The number of carbonyl (C=O) groups excluding carboxylic acids is 3. The summed E-state index contributed by atoms with van der Waals surface area (Å²) in [5.41, 5.74) is 1.31. The Bertz CT molecular complexity index is 867. The van der Waals surface area contributed by atoms with Gasteiger partial charge in [-0.25, -0.2) is 0 Å². The third-order valence-corrected chi connectivity index (χ3v) is 6.68. The first kappa shape index (κ1) is 23.3. The zero-order valence-corrected chi connectivity index (χ0v) is 18.9. The summed E-state index contributed by atoms with van der Waals surface area (Å²) in [6.07, 6.45) is 5.54. The molecule has 0 saturated carbocycles. The van der Waals surface area contributed by atoms with Crippen molar-refractivity contribution >= 4 is 35.0 Å². The molecule has 2 aliphatic rings. The number of aryl methyl sites for hydroxylation is 1. The lowest BCUT2D eigenvalue weighted by atomic mass is 9.68. The average Bonchev–Trinajstić information content (AvgIpc) is 3.02. The maximum Gasteiger partial charge on any atom is 0.247 e. The molecule has 1 aromatic carbocycles. The molecule has 1 aromatic rings. The van der Waals surface area contributed by atoms with Gasteiger partial charge in [0.25, 0.3) is 0 Å². The fourth-order valence-electron chi connectivity index (χ4n) is 4.97. The molecule has 1 aliphatic heterocycles. The second-order valence-corrected chi connectivity index (χ2v) is 8.61. The van der Waals surface area contributed by atoms with E-state index in [4.69, 9.17) is 11.6 Å². The summed E-state index contributed by atoms with van der Waals surface area (Å²) in [5.74, 6) is -2.56. The molecule has 0 radical (unpaired) electrons. The molecule has 0 unspecified atom stereocenters. The van der Waals surface area contributed by atoms with Crippen molar-refractivity contribution in [3.63, 3.8) is 0 Å². The highest BCUT2D eigenvalue weighted by atomic mass is 35.5. The highest BCUT2D eigenvalue weighted by molar-refractivity contribution is 6.34. The van der Waals surface area contributed by atoms with Crippen molar-refractivity contribution < 1.29 is 19.5 Å². The van der Waals surface area contributed by atoms with Gasteiger partial charge >= 0.3 is 0 Å². The maximum absolute atomic E-state index is 13.4. The third-order valence-electron chi connectivity index (χ3n) is 6.36. The number of anilines is 1. The van der Waals surface area contributed by atoms with E-state index in [1.165, 1.54) is 4.90 Å². The molecule has 0 aromatic heterocycles. The van der Waals surface area contributed by atoms with Crippen molar-refractivity contribution in [3.05, 3.63) is 40.9 Å². The van der Waals surface area contributed by atoms with Gasteiger partial charge in [0.1, 0.15) is 6.04 Å². The van der Waals surface area contributed by atoms with Crippen LogP contribution >= 0.6 is 11.6 Å². The number of benzene rings is 1. The van der Waals surface area contributed by atoms with Crippen molar-refractivity contribution in [2.45, 2.75) is 32.7 Å². The van der Waals surface area contributed by atoms with Gasteiger partial charge in [0, 0.05) is 19.5 Å². The first-order valence-corrected chi connectivity index (χ1v) is 11.1. The van der Waals surface area contributed by atoms with E-state index in [0.29, 0.717) is 10.7 Å². The van der Waals surface area contributed by atoms with E-state index in [-0.39, 0.29) is 36.8 Å². The fourth-order valence-corrected chi connectivity index (χ4v) is 5.24. The fraction of sp³-hybridized carbons (Fsp3) is 0.522. The highest BCUT2D eigenvalue weighted by Crippen LogP contribution is 2.45. The van der Waals surface area contributed by atoms with Crippen LogP contribution in [-0.2, 0) is 14.4 Å². The van der Waals surface area contributed by atoms with Crippen molar-refractivity contribution in [2.24, 2.45) is 23.7 Å². The largest absolute Gasteiger partial charge is 0.395 e. The lowest BCUT2D eigenvalue weighted by Crippen LogP contribution is -2.45. The number of para-hydroxylation sites is 1. The van der Waals surface area contributed by atoms with Crippen molar-refractivity contribution in [1.82, 2.24) is 10.2 Å². The second-order valence-electron chi connectivity index (χ2n) is 8.20. The number of hydrogen-bond donors (Lipinski definition) is 3. The first-order chi connectivity index (χ1) is 14.8. The predicted octanol–water partition coefficient (Wildman–Crippen LogP) is 2.37. The van der Waals surface area contributed by atoms with E-state index < -0.39 is 23.8 Å². The molecule has 3 rings (SSSR count). The Morgan fingerprint density at radius 1 is 1.23 bits per heavy atom. The molecule has 3 amide bonds. The summed E-state index contributed by atoms with van der Waals surface area (Å²) in [6.45, 7) is 3.63. The Balaban J connectivity index is 1.99. The summed E-state index contributed by atoms with van der Waals surface area (Å²) >= 11 is 6.28. The van der Waals surface area contributed by atoms with Crippen molar-refractivity contribution in [3.8, 4) is 0 Å². The third kappa shape index (κ3) is 4.34. The minimum absolute atomic E-state index is 0.0260. The van der Waals surface area contributed by atoms with Crippen LogP contribution in [0.2, 0.25) is 5.02 Å². The molecule has 168 valence electrons. The SMILES string of the molecule is CCC[C@@H]1C=C[C@H]2[C@H](C(=O)N(CCO)[C@@H]2C(=O)Nc2c(C)cccc2Cl)[C@@H]1C(=O)NC. The molecule has 0 bridgehead atoms. The van der Waals surface area contributed by atoms with Crippen molar-refractivity contribution in [1.29, 1.82) is 0 Å². The van der Waals surface area contributed by atoms with E-state index in [1.807, 2.05) is 32.1 Å². The molecule has 5 atom stereocenters. The smallest absolute Gasteiger partial charge is 0.247 e. The summed E-state index contributed by atoms with van der Waals surface area (Å²) in [4.78, 5) is 41.0. The summed E-state index contributed by atoms with van der Waals surface area (Å²) < 4.78 is 0. The predicted molar refractivity (Wildman–Crippen MR) is 119 cm³/mol. The maximum atomic E-state index is 13.4. The molecule has 1 aliphatic carbocycles. The quantitative estimate of drug-likeness (QED) is 0.559. The van der Waals surface area contributed by atoms with Crippen LogP contribution < -0.4 is 10.6 Å². The number of nitrogens with one attached hydrogen (secondary N) is 2. The van der Waals surface area contributed by atoms with E-state index in [2.05, 4.69) is 10.6 Å². The summed E-state index contributed by atoms with van der Waals surface area (Å²) in [7, 11) is 1.56. The minimum atomic E-state index is -0.827. The van der Waals surface area contributed by atoms with Crippen LogP contribution in [0.1, 0.15) is 25.3 Å². The lowest BCUT2D eigenvalue weighted by molar-refractivity contribution is -0.140. The summed E-state index contributed by atoms with van der Waals surface area (Å²) in [5, 5.41) is 15.5. The van der Waals surface area contributed by atoms with Crippen LogP contribution in [0.15, 0.2) is 30.4 Å². The van der Waals surface area contributed by atoms with Gasteiger partial charge in [0.15, 0.2) is 0 Å². The van der Waals surface area contributed by atoms with E-state index in [1.54, 1.807) is 19.2 Å². The molecule has 1 heterocycles. The van der Waals surface area contributed by atoms with E-state index >= 15 is 0 Å². The first-order valence-electron chi connectivity index (χ1n) is 10.7. The van der Waals surface area contributed by atoms with Gasteiger partial charge in [-0.15, -0.1) is 0 Å². The molecule has 7 nitrogen and oxygen atoms in total. The van der Waals surface area contributed by atoms with Gasteiger partial charge in [-0.3, -0.25) is 14.4 Å². The molecule has 1 fully saturated rings. The number of likely N-dealkylation sites (tertiary alicyclic amines) is 1. The number of rotatable bonds is 7. The number of carbonyl (C=O) groups is 3. The minimum Gasteiger partial charge on any atom is -0.395 e. The number of aliphatic hydroxyl groups excluding tert-OH is 1. The Hall–Kier alpha value is -2.38. The standard InChI is InChI=1S/C23H30ClN3O4/c1-4-6-14-9-10-15-18(17(14)21(29)25-3)23(31)27(11-12-28)20(15)22(30)26-19-13(2)7-5-8-16(19)24/h5,7-10,14-15,17-18,20,28H,4,6,11-12H2,1-3H3,(H,25,29)(H,26,30)/t14-,15+,17-,18+,20+/m1/s1. The number of β-amino-alcohol motifs (C(OH)–C–C–N with tert-alkyl or cyclic N) is 1. The average molecular weight is 448 g/mol. The number of halogens is 1. The number of aliphatic hydroxyl groups is 1. The van der Waals surface area contributed by atoms with Crippen molar-refractivity contribution in [2.75, 3.05) is 25.5 Å². The molecular formula is C23H30ClN3O4. The number of hydrogen-bond acceptors (Lipinski definition) is 4. The highest BCUT2D eigenvalue weighted by Gasteiger charge is 2.56. The molecule has 3 N–H and O–H groups in total. The molecule has 1 saturated heterocycles. The molecule has 31 heavy (non-hydrogen) atoms. The molecular weight excluding hydrogens is 418 g/mol. The van der Waals surface area contributed by atoms with Gasteiger partial charge in [-0.05, 0) is 30.9 Å². The number of allylic oxidation sites excluding steroid dienone is 1. The molecule has 0 spiro atoms.